The zero-order valence-corrected chi connectivity index (χ0v) is 8.20. The average Bonchev–Trinajstić information content (AvgIpc) is 2.63. The number of cyclic esters (lactones) is 1. The van der Waals surface area contributed by atoms with Crippen LogP contribution in [0.4, 0.5) is 23.4 Å². The molecule has 0 spiro atoms. The second kappa shape index (κ2) is 3.73. The summed E-state index contributed by atoms with van der Waals surface area (Å²) in [6.45, 7) is -4.34. The number of halogens is 3. The lowest BCUT2D eigenvalue weighted by molar-refractivity contribution is 0.181. The average molecular weight is 230 g/mol. The van der Waals surface area contributed by atoms with Gasteiger partial charge in [-0.1, -0.05) is 12.1 Å². The molecule has 1 amide bonds. The topological polar surface area (TPSA) is 29.5 Å². The van der Waals surface area contributed by atoms with Crippen molar-refractivity contribution < 1.29 is 22.5 Å². The quantitative estimate of drug-likeness (QED) is 0.723. The van der Waals surface area contributed by atoms with Crippen molar-refractivity contribution in [2.45, 2.75) is 0 Å². The molecule has 0 radical (unpaired) electrons. The van der Waals surface area contributed by atoms with E-state index in [1.54, 1.807) is 0 Å². The van der Waals surface area contributed by atoms with Crippen LogP contribution in [0.2, 0.25) is 0 Å². The number of ether oxygens (including phenoxy) is 1. The van der Waals surface area contributed by atoms with Crippen molar-refractivity contribution in [1.82, 2.24) is 0 Å². The van der Waals surface area contributed by atoms with Crippen molar-refractivity contribution in [2.24, 2.45) is 0 Å². The summed E-state index contributed by atoms with van der Waals surface area (Å²) in [7, 11) is 0. The van der Waals surface area contributed by atoms with Gasteiger partial charge in [0.25, 0.3) is 0 Å². The number of hydrogen-bond acceptors (Lipinski definition) is 2. The van der Waals surface area contributed by atoms with Gasteiger partial charge in [-0.3, -0.25) is 4.90 Å². The van der Waals surface area contributed by atoms with Crippen LogP contribution in [-0.4, -0.2) is 26.2 Å². The third kappa shape index (κ3) is 1.98. The van der Waals surface area contributed by atoms with Crippen LogP contribution >= 0.6 is 0 Å². The zero-order valence-electron chi connectivity index (χ0n) is 8.20. The predicted octanol–water partition coefficient (Wildman–Crippen LogP) is 1.70. The van der Waals surface area contributed by atoms with Crippen molar-refractivity contribution in [3.8, 4) is 0 Å². The number of carbonyl (C=O) groups is 1. The number of carbonyl (C=O) groups excluding carboxylic acids is 1. The van der Waals surface area contributed by atoms with E-state index < -0.39 is 18.5 Å². The van der Waals surface area contributed by atoms with E-state index in [4.69, 9.17) is 0 Å². The lowest BCUT2D eigenvalue weighted by Gasteiger charge is -2.17. The van der Waals surface area contributed by atoms with Crippen LogP contribution in [0, 0.1) is 0 Å². The summed E-state index contributed by atoms with van der Waals surface area (Å²) < 4.78 is 41.7. The number of rotatable bonds is 2. The van der Waals surface area contributed by atoms with E-state index in [2.05, 4.69) is 4.74 Å². The molecule has 0 bridgehead atoms. The molecule has 0 atom stereocenters. The molecule has 3 nitrogen and oxygen atoms in total. The maximum Gasteiger partial charge on any atom is 0.509 e. The molecule has 1 fully saturated rings. The normalized spacial score (nSPS) is 16.4. The van der Waals surface area contributed by atoms with Crippen LogP contribution in [0.15, 0.2) is 24.3 Å². The van der Waals surface area contributed by atoms with Gasteiger partial charge >= 0.3 is 13.1 Å². The van der Waals surface area contributed by atoms with E-state index in [9.17, 15) is 17.7 Å². The van der Waals surface area contributed by atoms with Crippen molar-refractivity contribution in [1.29, 1.82) is 0 Å². The Bertz CT molecular complexity index is 404. The number of anilines is 1. The minimum atomic E-state index is -4.98. The van der Waals surface area contributed by atoms with Crippen LogP contribution in [-0.2, 0) is 4.74 Å². The predicted molar refractivity (Wildman–Crippen MR) is 53.8 cm³/mol. The van der Waals surface area contributed by atoms with Crippen LogP contribution < -0.4 is 10.4 Å². The van der Waals surface area contributed by atoms with Crippen LogP contribution in [0.5, 0.6) is 0 Å². The van der Waals surface area contributed by atoms with Gasteiger partial charge < -0.3 is 17.7 Å². The molecule has 1 aromatic rings. The molecule has 7 heteroatoms. The van der Waals surface area contributed by atoms with Crippen molar-refractivity contribution in [2.75, 3.05) is 18.1 Å². The number of hydrogen-bond donors (Lipinski definition) is 0. The Morgan fingerprint density at radius 2 is 1.81 bits per heavy atom. The van der Waals surface area contributed by atoms with Gasteiger partial charge in [-0.25, -0.2) is 4.79 Å². The van der Waals surface area contributed by atoms with Gasteiger partial charge in [-0.05, 0) is 12.1 Å². The fourth-order valence-electron chi connectivity index (χ4n) is 1.50. The third-order valence-corrected chi connectivity index (χ3v) is 2.34. The van der Waals surface area contributed by atoms with Gasteiger partial charge in [0.2, 0.25) is 0 Å². The van der Waals surface area contributed by atoms with Gasteiger partial charge in [0.15, 0.2) is 0 Å². The number of amides is 1. The molecule has 1 heterocycles. The Morgan fingerprint density at radius 3 is 2.25 bits per heavy atom. The summed E-state index contributed by atoms with van der Waals surface area (Å²) in [6, 6.07) is 4.50. The SMILES string of the molecule is O=C1OCCN1c1ccc([B-](F)(F)F)cc1. The first-order valence-corrected chi connectivity index (χ1v) is 4.73. The Balaban J connectivity index is 2.22. The summed E-state index contributed by atoms with van der Waals surface area (Å²) in [5.41, 5.74) is -0.248. The molecule has 2 rings (SSSR count). The molecule has 0 aromatic heterocycles. The first-order valence-electron chi connectivity index (χ1n) is 4.73. The highest BCUT2D eigenvalue weighted by atomic mass is 19.4. The Labute approximate surface area is 89.9 Å². The maximum atomic E-state index is 12.3. The van der Waals surface area contributed by atoms with Gasteiger partial charge in [0.05, 0.1) is 6.54 Å². The molecule has 1 aromatic carbocycles. The highest BCUT2D eigenvalue weighted by Gasteiger charge is 2.27. The van der Waals surface area contributed by atoms with Gasteiger partial charge in [0.1, 0.15) is 6.61 Å². The van der Waals surface area contributed by atoms with E-state index >= 15 is 0 Å². The molecule has 86 valence electrons. The second-order valence-corrected chi connectivity index (χ2v) is 3.43. The largest absolute Gasteiger partial charge is 0.509 e. The lowest BCUT2D eigenvalue weighted by Crippen LogP contribution is -2.34. The van der Waals surface area contributed by atoms with Crippen molar-refractivity contribution >= 4 is 24.2 Å². The summed E-state index contributed by atoms with van der Waals surface area (Å²) in [6.07, 6.45) is -0.523. The first-order chi connectivity index (χ1) is 7.48. The Morgan fingerprint density at radius 1 is 1.19 bits per heavy atom. The van der Waals surface area contributed by atoms with Crippen molar-refractivity contribution in [3.05, 3.63) is 24.3 Å². The highest BCUT2D eigenvalue weighted by Crippen LogP contribution is 2.18. The van der Waals surface area contributed by atoms with Gasteiger partial charge in [-0.2, -0.15) is 0 Å². The molecule has 0 saturated carbocycles. The monoisotopic (exact) mass is 230 g/mol. The van der Waals surface area contributed by atoms with Crippen LogP contribution in [0.25, 0.3) is 0 Å². The first kappa shape index (κ1) is 10.8. The summed E-state index contributed by atoms with van der Waals surface area (Å²) >= 11 is 0. The molecule has 1 saturated heterocycles. The molecular weight excluding hydrogens is 222 g/mol. The minimum absolute atomic E-state index is 0.268. The van der Waals surface area contributed by atoms with Crippen molar-refractivity contribution in [3.63, 3.8) is 0 Å². The summed E-state index contributed by atoms with van der Waals surface area (Å²) in [4.78, 5) is 12.4. The van der Waals surface area contributed by atoms with E-state index in [0.29, 0.717) is 12.2 Å². The molecular formula is C9H8BF3NO2-. The second-order valence-electron chi connectivity index (χ2n) is 3.43. The maximum absolute atomic E-state index is 12.3. The fraction of sp³-hybridized carbons (Fsp3) is 0.222. The molecule has 0 unspecified atom stereocenters. The molecule has 16 heavy (non-hydrogen) atoms. The van der Waals surface area contributed by atoms with Gasteiger partial charge in [-0.15, -0.1) is 5.46 Å². The number of benzene rings is 1. The Hall–Kier alpha value is -1.66. The highest BCUT2D eigenvalue weighted by molar-refractivity contribution is 6.73. The lowest BCUT2D eigenvalue weighted by atomic mass is 9.80. The molecule has 1 aliphatic rings. The van der Waals surface area contributed by atoms with E-state index in [0.717, 1.165) is 12.1 Å². The minimum Gasteiger partial charge on any atom is -0.447 e. The van der Waals surface area contributed by atoms with E-state index in [1.165, 1.54) is 17.0 Å². The van der Waals surface area contributed by atoms with Crippen LogP contribution in [0.3, 0.4) is 0 Å². The molecule has 0 N–H and O–H groups in total. The smallest absolute Gasteiger partial charge is 0.447 e. The van der Waals surface area contributed by atoms with Crippen LogP contribution in [0.1, 0.15) is 0 Å². The molecule has 0 aliphatic carbocycles. The van der Waals surface area contributed by atoms with E-state index in [1.807, 2.05) is 0 Å². The summed E-state index contributed by atoms with van der Waals surface area (Å²) in [5.74, 6) is 0. The van der Waals surface area contributed by atoms with E-state index in [-0.39, 0.29) is 6.61 Å². The number of nitrogens with zero attached hydrogens (tertiary/aromatic N) is 1. The zero-order chi connectivity index (χ0) is 11.8. The van der Waals surface area contributed by atoms with Gasteiger partial charge in [0, 0.05) is 5.69 Å². The molecule has 1 aliphatic heterocycles. The third-order valence-electron chi connectivity index (χ3n) is 2.34. The fourth-order valence-corrected chi connectivity index (χ4v) is 1.50. The summed E-state index contributed by atoms with van der Waals surface area (Å²) in [5, 5.41) is 0. The standard InChI is InChI=1S/C9H8BF3NO2/c11-10(12,13)7-1-3-8(4-2-7)14-5-6-16-9(14)15/h1-4H,5-6H2/q-1. The Kier molecular flexibility index (Phi) is 2.53.